The standard InChI is InChI=1S/C13H17F3N2O/c14-13(15,16)8-6-11(12(17)19)18-9-7-10-4-2-1-3-5-10/h1-5,11,18H,6-9H2,(H2,17,19). The highest BCUT2D eigenvalue weighted by Gasteiger charge is 2.29. The second kappa shape index (κ2) is 7.13. The number of benzene rings is 1. The number of carbonyl (C=O) groups excluding carboxylic acids is 1. The molecule has 0 saturated heterocycles. The third-order valence-electron chi connectivity index (χ3n) is 2.71. The topological polar surface area (TPSA) is 55.1 Å². The Kier molecular flexibility index (Phi) is 5.82. The predicted molar refractivity (Wildman–Crippen MR) is 66.4 cm³/mol. The summed E-state index contributed by atoms with van der Waals surface area (Å²) in [5.74, 6) is -0.752. The highest BCUT2D eigenvalue weighted by atomic mass is 19.4. The van der Waals surface area contributed by atoms with Crippen molar-refractivity contribution >= 4 is 5.91 Å². The summed E-state index contributed by atoms with van der Waals surface area (Å²) in [5.41, 5.74) is 6.13. The zero-order valence-electron chi connectivity index (χ0n) is 10.4. The molecule has 0 aromatic heterocycles. The van der Waals surface area contributed by atoms with Crippen LogP contribution < -0.4 is 11.1 Å². The normalized spacial score (nSPS) is 13.2. The molecule has 0 radical (unpaired) electrons. The number of amides is 1. The van der Waals surface area contributed by atoms with Crippen molar-refractivity contribution in [1.29, 1.82) is 0 Å². The third kappa shape index (κ3) is 6.81. The van der Waals surface area contributed by atoms with E-state index in [4.69, 9.17) is 5.73 Å². The molecule has 19 heavy (non-hydrogen) atoms. The molecule has 1 rings (SSSR count). The second-order valence-corrected chi connectivity index (χ2v) is 4.30. The van der Waals surface area contributed by atoms with Crippen molar-refractivity contribution in [1.82, 2.24) is 5.32 Å². The summed E-state index contributed by atoms with van der Waals surface area (Å²) >= 11 is 0. The van der Waals surface area contributed by atoms with Gasteiger partial charge in [-0.1, -0.05) is 30.3 Å². The fourth-order valence-electron chi connectivity index (χ4n) is 1.69. The molecule has 1 unspecified atom stereocenters. The van der Waals surface area contributed by atoms with Gasteiger partial charge in [0.1, 0.15) is 0 Å². The number of hydrogen-bond acceptors (Lipinski definition) is 2. The van der Waals surface area contributed by atoms with Crippen molar-refractivity contribution in [3.63, 3.8) is 0 Å². The summed E-state index contributed by atoms with van der Waals surface area (Å²) in [6, 6.07) is 8.53. The molecule has 6 heteroatoms. The summed E-state index contributed by atoms with van der Waals surface area (Å²) in [6.45, 7) is 0.412. The Bertz CT molecular complexity index is 393. The van der Waals surface area contributed by atoms with Gasteiger partial charge < -0.3 is 11.1 Å². The van der Waals surface area contributed by atoms with E-state index >= 15 is 0 Å². The number of hydrogen-bond donors (Lipinski definition) is 2. The summed E-state index contributed by atoms with van der Waals surface area (Å²) in [4.78, 5) is 11.1. The van der Waals surface area contributed by atoms with Crippen molar-refractivity contribution in [3.8, 4) is 0 Å². The third-order valence-corrected chi connectivity index (χ3v) is 2.71. The molecule has 1 aromatic carbocycles. The summed E-state index contributed by atoms with van der Waals surface area (Å²) in [6.07, 6.45) is -4.97. The quantitative estimate of drug-likeness (QED) is 0.799. The lowest BCUT2D eigenvalue weighted by atomic mass is 10.1. The Morgan fingerprint density at radius 3 is 2.42 bits per heavy atom. The zero-order valence-corrected chi connectivity index (χ0v) is 10.4. The molecule has 0 aliphatic heterocycles. The Balaban J connectivity index is 2.36. The summed E-state index contributed by atoms with van der Waals surface area (Å²) < 4.78 is 36.3. The molecule has 1 atom stereocenters. The lowest BCUT2D eigenvalue weighted by Crippen LogP contribution is -2.42. The van der Waals surface area contributed by atoms with Gasteiger partial charge in [-0.05, 0) is 24.9 Å². The van der Waals surface area contributed by atoms with Crippen LogP contribution in [0.15, 0.2) is 30.3 Å². The van der Waals surface area contributed by atoms with E-state index in [1.54, 1.807) is 0 Å². The first kappa shape index (κ1) is 15.5. The maximum atomic E-state index is 12.1. The lowest BCUT2D eigenvalue weighted by molar-refractivity contribution is -0.138. The largest absolute Gasteiger partial charge is 0.389 e. The van der Waals surface area contributed by atoms with Gasteiger partial charge in [0, 0.05) is 6.42 Å². The maximum absolute atomic E-state index is 12.1. The van der Waals surface area contributed by atoms with Crippen LogP contribution in [0, 0.1) is 0 Å². The minimum absolute atomic E-state index is 0.326. The molecular weight excluding hydrogens is 257 g/mol. The average molecular weight is 274 g/mol. The number of nitrogens with two attached hydrogens (primary N) is 1. The highest BCUT2D eigenvalue weighted by molar-refractivity contribution is 5.79. The SMILES string of the molecule is NC(=O)C(CCC(F)(F)F)NCCc1ccccc1. The first-order chi connectivity index (χ1) is 8.88. The van der Waals surface area contributed by atoms with Crippen LogP contribution in [0.1, 0.15) is 18.4 Å². The lowest BCUT2D eigenvalue weighted by Gasteiger charge is -2.16. The molecular formula is C13H17F3N2O. The van der Waals surface area contributed by atoms with E-state index in [-0.39, 0.29) is 6.42 Å². The number of carbonyl (C=O) groups is 1. The van der Waals surface area contributed by atoms with E-state index in [9.17, 15) is 18.0 Å². The molecule has 0 saturated carbocycles. The number of nitrogens with one attached hydrogen (secondary N) is 1. The van der Waals surface area contributed by atoms with E-state index < -0.39 is 24.5 Å². The molecule has 0 fully saturated rings. The average Bonchev–Trinajstić information content (AvgIpc) is 2.33. The minimum atomic E-state index is -4.27. The van der Waals surface area contributed by atoms with E-state index in [2.05, 4.69) is 5.32 Å². The Morgan fingerprint density at radius 2 is 1.89 bits per heavy atom. The molecule has 3 N–H and O–H groups in total. The van der Waals surface area contributed by atoms with E-state index in [0.717, 1.165) is 5.56 Å². The Morgan fingerprint density at radius 1 is 1.26 bits per heavy atom. The van der Waals surface area contributed by atoms with Gasteiger partial charge in [-0.2, -0.15) is 13.2 Å². The van der Waals surface area contributed by atoms with Crippen molar-refractivity contribution < 1.29 is 18.0 Å². The van der Waals surface area contributed by atoms with Crippen LogP contribution in [-0.2, 0) is 11.2 Å². The number of alkyl halides is 3. The maximum Gasteiger partial charge on any atom is 0.389 e. The Hall–Kier alpha value is -1.56. The monoisotopic (exact) mass is 274 g/mol. The molecule has 0 aliphatic rings. The highest BCUT2D eigenvalue weighted by Crippen LogP contribution is 2.22. The van der Waals surface area contributed by atoms with Gasteiger partial charge in [-0.15, -0.1) is 0 Å². The predicted octanol–water partition coefficient (Wildman–Crippen LogP) is 2.02. The molecule has 0 aliphatic carbocycles. The molecule has 3 nitrogen and oxygen atoms in total. The summed E-state index contributed by atoms with van der Waals surface area (Å²) in [7, 11) is 0. The fourth-order valence-corrected chi connectivity index (χ4v) is 1.69. The van der Waals surface area contributed by atoms with Gasteiger partial charge in [0.25, 0.3) is 0 Å². The Labute approximate surface area is 110 Å². The van der Waals surface area contributed by atoms with Crippen LogP contribution in [0.4, 0.5) is 13.2 Å². The van der Waals surface area contributed by atoms with Gasteiger partial charge in [0.2, 0.25) is 5.91 Å². The smallest absolute Gasteiger partial charge is 0.368 e. The van der Waals surface area contributed by atoms with Crippen LogP contribution in [-0.4, -0.2) is 24.7 Å². The van der Waals surface area contributed by atoms with Crippen LogP contribution in [0.25, 0.3) is 0 Å². The van der Waals surface area contributed by atoms with Crippen molar-refractivity contribution in [2.45, 2.75) is 31.5 Å². The van der Waals surface area contributed by atoms with Crippen LogP contribution in [0.5, 0.6) is 0 Å². The molecule has 0 bridgehead atoms. The molecule has 106 valence electrons. The first-order valence-corrected chi connectivity index (χ1v) is 6.02. The second-order valence-electron chi connectivity index (χ2n) is 4.30. The van der Waals surface area contributed by atoms with Crippen LogP contribution in [0.3, 0.4) is 0 Å². The van der Waals surface area contributed by atoms with Crippen molar-refractivity contribution in [2.75, 3.05) is 6.54 Å². The van der Waals surface area contributed by atoms with Gasteiger partial charge >= 0.3 is 6.18 Å². The minimum Gasteiger partial charge on any atom is -0.368 e. The van der Waals surface area contributed by atoms with Gasteiger partial charge in [0.05, 0.1) is 6.04 Å². The van der Waals surface area contributed by atoms with Gasteiger partial charge in [-0.25, -0.2) is 0 Å². The zero-order chi connectivity index (χ0) is 14.3. The summed E-state index contributed by atoms with van der Waals surface area (Å²) in [5, 5.41) is 2.77. The number of halogens is 3. The van der Waals surface area contributed by atoms with E-state index in [1.165, 1.54) is 0 Å². The van der Waals surface area contributed by atoms with Crippen molar-refractivity contribution in [3.05, 3.63) is 35.9 Å². The van der Waals surface area contributed by atoms with E-state index in [1.807, 2.05) is 30.3 Å². The molecule has 1 amide bonds. The van der Waals surface area contributed by atoms with Crippen molar-refractivity contribution in [2.24, 2.45) is 5.73 Å². The molecule has 0 spiro atoms. The van der Waals surface area contributed by atoms with Gasteiger partial charge in [0.15, 0.2) is 0 Å². The number of rotatable bonds is 7. The first-order valence-electron chi connectivity index (χ1n) is 6.02. The van der Waals surface area contributed by atoms with E-state index in [0.29, 0.717) is 13.0 Å². The van der Waals surface area contributed by atoms with Crippen LogP contribution >= 0.6 is 0 Å². The van der Waals surface area contributed by atoms with Crippen LogP contribution in [0.2, 0.25) is 0 Å². The fraction of sp³-hybridized carbons (Fsp3) is 0.462. The van der Waals surface area contributed by atoms with Gasteiger partial charge in [-0.3, -0.25) is 4.79 Å². The molecule has 1 aromatic rings. The number of primary amides is 1. The molecule has 0 heterocycles.